The van der Waals surface area contributed by atoms with Crippen molar-refractivity contribution in [2.24, 2.45) is 5.10 Å². The Hall–Kier alpha value is -2.82. The van der Waals surface area contributed by atoms with Crippen LogP contribution in [0.15, 0.2) is 41.5 Å². The number of para-hydroxylation sites is 2. The van der Waals surface area contributed by atoms with Crippen LogP contribution in [-0.4, -0.2) is 25.8 Å². The van der Waals surface area contributed by atoms with E-state index in [0.29, 0.717) is 11.5 Å². The summed E-state index contributed by atoms with van der Waals surface area (Å²) in [6, 6.07) is 11.3. The molecule has 0 saturated carbocycles. The number of aryl methyl sites for hydroxylation is 3. The van der Waals surface area contributed by atoms with Gasteiger partial charge in [0.15, 0.2) is 18.1 Å². The van der Waals surface area contributed by atoms with Gasteiger partial charge in [0, 0.05) is 5.56 Å². The highest BCUT2D eigenvalue weighted by Crippen LogP contribution is 2.25. The van der Waals surface area contributed by atoms with Crippen LogP contribution in [0.5, 0.6) is 11.5 Å². The molecule has 0 spiro atoms. The zero-order chi connectivity index (χ0) is 17.5. The number of amides is 1. The standard InChI is InChI=1S/C19H22N2O3/c1-13-9-14(2)16(15(3)10-13)11-20-21-19(22)12-24-18-8-6-5-7-17(18)23-4/h5-11H,12H2,1-4H3,(H,21,22)/b20-11-. The summed E-state index contributed by atoms with van der Waals surface area (Å²) in [4.78, 5) is 11.8. The van der Waals surface area contributed by atoms with Gasteiger partial charge < -0.3 is 9.47 Å². The molecule has 0 aliphatic rings. The summed E-state index contributed by atoms with van der Waals surface area (Å²) in [5.41, 5.74) is 6.93. The number of carbonyl (C=O) groups excluding carboxylic acids is 1. The number of hydrogen-bond donors (Lipinski definition) is 1. The molecule has 0 radical (unpaired) electrons. The Morgan fingerprint density at radius 2 is 1.75 bits per heavy atom. The van der Waals surface area contributed by atoms with Gasteiger partial charge in [-0.1, -0.05) is 29.8 Å². The maximum Gasteiger partial charge on any atom is 0.277 e. The Labute approximate surface area is 142 Å². The summed E-state index contributed by atoms with van der Waals surface area (Å²) in [7, 11) is 1.55. The Morgan fingerprint density at radius 1 is 1.12 bits per heavy atom. The molecule has 0 aliphatic carbocycles. The smallest absolute Gasteiger partial charge is 0.277 e. The van der Waals surface area contributed by atoms with E-state index in [1.807, 2.05) is 26.0 Å². The third kappa shape index (κ3) is 4.59. The number of nitrogens with zero attached hydrogens (tertiary/aromatic N) is 1. The molecular weight excluding hydrogens is 304 g/mol. The Morgan fingerprint density at radius 3 is 2.38 bits per heavy atom. The van der Waals surface area contributed by atoms with Crippen molar-refractivity contribution in [1.82, 2.24) is 5.43 Å². The second-order valence-electron chi connectivity index (χ2n) is 5.55. The van der Waals surface area contributed by atoms with Crippen LogP contribution in [0, 0.1) is 20.8 Å². The largest absolute Gasteiger partial charge is 0.493 e. The van der Waals surface area contributed by atoms with E-state index in [2.05, 4.69) is 29.6 Å². The number of nitrogens with one attached hydrogen (secondary N) is 1. The maximum absolute atomic E-state index is 11.8. The first-order valence-corrected chi connectivity index (χ1v) is 7.67. The van der Waals surface area contributed by atoms with Gasteiger partial charge in [-0.3, -0.25) is 4.79 Å². The van der Waals surface area contributed by atoms with Crippen LogP contribution in [0.1, 0.15) is 22.3 Å². The van der Waals surface area contributed by atoms with E-state index in [9.17, 15) is 4.79 Å². The van der Waals surface area contributed by atoms with Gasteiger partial charge in [0.05, 0.1) is 13.3 Å². The minimum absolute atomic E-state index is 0.135. The lowest BCUT2D eigenvalue weighted by molar-refractivity contribution is -0.123. The van der Waals surface area contributed by atoms with Gasteiger partial charge in [-0.15, -0.1) is 0 Å². The van der Waals surface area contributed by atoms with Crippen molar-refractivity contribution in [2.45, 2.75) is 20.8 Å². The average Bonchev–Trinajstić information content (AvgIpc) is 2.55. The second-order valence-corrected chi connectivity index (χ2v) is 5.55. The van der Waals surface area contributed by atoms with Crippen molar-refractivity contribution >= 4 is 12.1 Å². The van der Waals surface area contributed by atoms with E-state index in [0.717, 1.165) is 16.7 Å². The minimum atomic E-state index is -0.334. The Bertz CT molecular complexity index is 731. The van der Waals surface area contributed by atoms with Crippen LogP contribution in [-0.2, 0) is 4.79 Å². The molecule has 0 heterocycles. The fourth-order valence-electron chi connectivity index (χ4n) is 2.48. The summed E-state index contributed by atoms with van der Waals surface area (Å²) >= 11 is 0. The Kier molecular flexibility index (Phi) is 5.95. The van der Waals surface area contributed by atoms with E-state index in [1.54, 1.807) is 25.5 Å². The second kappa shape index (κ2) is 8.15. The molecule has 0 saturated heterocycles. The number of benzene rings is 2. The van der Waals surface area contributed by atoms with Crippen molar-refractivity contribution in [3.05, 3.63) is 58.7 Å². The van der Waals surface area contributed by atoms with Crippen molar-refractivity contribution in [3.63, 3.8) is 0 Å². The maximum atomic E-state index is 11.8. The van der Waals surface area contributed by atoms with Gasteiger partial charge in [0.1, 0.15) is 0 Å². The molecule has 5 nitrogen and oxygen atoms in total. The van der Waals surface area contributed by atoms with Crippen molar-refractivity contribution in [1.29, 1.82) is 0 Å². The van der Waals surface area contributed by atoms with Crippen molar-refractivity contribution in [2.75, 3.05) is 13.7 Å². The van der Waals surface area contributed by atoms with Gasteiger partial charge in [-0.25, -0.2) is 5.43 Å². The van der Waals surface area contributed by atoms with E-state index in [1.165, 1.54) is 5.56 Å². The first-order chi connectivity index (χ1) is 11.5. The van der Waals surface area contributed by atoms with Crippen LogP contribution in [0.2, 0.25) is 0 Å². The monoisotopic (exact) mass is 326 g/mol. The first-order valence-electron chi connectivity index (χ1n) is 7.67. The fourth-order valence-corrected chi connectivity index (χ4v) is 2.48. The Balaban J connectivity index is 1.92. The number of rotatable bonds is 6. The van der Waals surface area contributed by atoms with E-state index < -0.39 is 0 Å². The number of hydrazone groups is 1. The summed E-state index contributed by atoms with van der Waals surface area (Å²) in [5.74, 6) is 0.767. The average molecular weight is 326 g/mol. The fraction of sp³-hybridized carbons (Fsp3) is 0.263. The molecular formula is C19H22N2O3. The lowest BCUT2D eigenvalue weighted by Gasteiger charge is -2.09. The summed E-state index contributed by atoms with van der Waals surface area (Å²) in [6.45, 7) is 5.96. The molecule has 2 aromatic rings. The molecule has 126 valence electrons. The SMILES string of the molecule is COc1ccccc1OCC(=O)N/N=C\c1c(C)cc(C)cc1C. The molecule has 0 aliphatic heterocycles. The molecule has 5 heteroatoms. The normalized spacial score (nSPS) is 10.7. The van der Waals surface area contributed by atoms with Crippen molar-refractivity contribution in [3.8, 4) is 11.5 Å². The molecule has 2 rings (SSSR count). The number of hydrogen-bond acceptors (Lipinski definition) is 4. The molecule has 1 N–H and O–H groups in total. The topological polar surface area (TPSA) is 59.9 Å². The zero-order valence-corrected chi connectivity index (χ0v) is 14.4. The van der Waals surface area contributed by atoms with Gasteiger partial charge in [-0.2, -0.15) is 5.10 Å². The predicted molar refractivity (Wildman–Crippen MR) is 94.9 cm³/mol. The van der Waals surface area contributed by atoms with Crippen LogP contribution >= 0.6 is 0 Å². The van der Waals surface area contributed by atoms with Gasteiger partial charge in [0.25, 0.3) is 5.91 Å². The highest BCUT2D eigenvalue weighted by Gasteiger charge is 2.06. The third-order valence-corrected chi connectivity index (χ3v) is 3.55. The molecule has 0 fully saturated rings. The third-order valence-electron chi connectivity index (χ3n) is 3.55. The van der Waals surface area contributed by atoms with E-state index in [4.69, 9.17) is 9.47 Å². The van der Waals surface area contributed by atoms with Gasteiger partial charge in [-0.05, 0) is 44.0 Å². The predicted octanol–water partition coefficient (Wildman–Crippen LogP) is 3.15. The molecule has 0 aromatic heterocycles. The summed E-state index contributed by atoms with van der Waals surface area (Å²) < 4.78 is 10.6. The highest BCUT2D eigenvalue weighted by atomic mass is 16.5. The molecule has 2 aromatic carbocycles. The number of carbonyl (C=O) groups is 1. The van der Waals surface area contributed by atoms with Gasteiger partial charge >= 0.3 is 0 Å². The lowest BCUT2D eigenvalue weighted by atomic mass is 10.0. The summed E-state index contributed by atoms with van der Waals surface area (Å²) in [6.07, 6.45) is 1.66. The molecule has 0 atom stereocenters. The number of ether oxygens (including phenoxy) is 2. The van der Waals surface area contributed by atoms with Crippen LogP contribution in [0.4, 0.5) is 0 Å². The lowest BCUT2D eigenvalue weighted by Crippen LogP contribution is -2.24. The van der Waals surface area contributed by atoms with Crippen molar-refractivity contribution < 1.29 is 14.3 Å². The quantitative estimate of drug-likeness (QED) is 0.655. The van der Waals surface area contributed by atoms with Gasteiger partial charge in [0.2, 0.25) is 0 Å². The molecule has 1 amide bonds. The zero-order valence-electron chi connectivity index (χ0n) is 14.4. The summed E-state index contributed by atoms with van der Waals surface area (Å²) in [5, 5.41) is 4.01. The molecule has 24 heavy (non-hydrogen) atoms. The first kappa shape index (κ1) is 17.5. The van der Waals surface area contributed by atoms with E-state index in [-0.39, 0.29) is 12.5 Å². The number of methoxy groups -OCH3 is 1. The van der Waals surface area contributed by atoms with Crippen LogP contribution < -0.4 is 14.9 Å². The van der Waals surface area contributed by atoms with Crippen LogP contribution in [0.25, 0.3) is 0 Å². The highest BCUT2D eigenvalue weighted by molar-refractivity contribution is 5.85. The molecule has 0 unspecified atom stereocenters. The minimum Gasteiger partial charge on any atom is -0.493 e. The van der Waals surface area contributed by atoms with E-state index >= 15 is 0 Å². The molecule has 0 bridgehead atoms. The van der Waals surface area contributed by atoms with Crippen LogP contribution in [0.3, 0.4) is 0 Å².